The molecule has 1 aromatic rings. The zero-order chi connectivity index (χ0) is 14.1. The van der Waals surface area contributed by atoms with Crippen molar-refractivity contribution < 1.29 is 14.7 Å². The molecule has 2 heterocycles. The van der Waals surface area contributed by atoms with Gasteiger partial charge < -0.3 is 10.0 Å². The van der Waals surface area contributed by atoms with Crippen LogP contribution in [0, 0.1) is 5.92 Å². The van der Waals surface area contributed by atoms with Crippen LogP contribution in [0.15, 0.2) is 18.3 Å². The highest BCUT2D eigenvalue weighted by Crippen LogP contribution is 2.36. The largest absolute Gasteiger partial charge is 0.477 e. The SMILES string of the molecule is O=C(O)c1ccc(C(=O)N2CCC3CCCCC32)cn1. The number of carboxylic acids is 1. The molecular weight excluding hydrogens is 256 g/mol. The van der Waals surface area contributed by atoms with E-state index in [1.807, 2.05) is 4.90 Å². The van der Waals surface area contributed by atoms with Crippen LogP contribution in [-0.2, 0) is 0 Å². The first-order valence-electron chi connectivity index (χ1n) is 7.17. The highest BCUT2D eigenvalue weighted by molar-refractivity contribution is 5.95. The van der Waals surface area contributed by atoms with Gasteiger partial charge >= 0.3 is 5.97 Å². The van der Waals surface area contributed by atoms with Gasteiger partial charge in [0.2, 0.25) is 0 Å². The molecule has 0 radical (unpaired) electrons. The molecule has 0 spiro atoms. The molecule has 5 heteroatoms. The molecule has 0 bridgehead atoms. The summed E-state index contributed by atoms with van der Waals surface area (Å²) in [4.78, 5) is 29.1. The first-order chi connectivity index (χ1) is 9.66. The highest BCUT2D eigenvalue weighted by atomic mass is 16.4. The third kappa shape index (κ3) is 2.28. The lowest BCUT2D eigenvalue weighted by Gasteiger charge is -2.31. The van der Waals surface area contributed by atoms with Crippen LogP contribution in [-0.4, -0.2) is 39.5 Å². The quantitative estimate of drug-likeness (QED) is 0.897. The minimum absolute atomic E-state index is 0.0103. The van der Waals surface area contributed by atoms with E-state index < -0.39 is 5.97 Å². The van der Waals surface area contributed by atoms with E-state index in [4.69, 9.17) is 5.11 Å². The average molecular weight is 274 g/mol. The molecule has 2 atom stereocenters. The first kappa shape index (κ1) is 13.1. The van der Waals surface area contributed by atoms with Crippen LogP contribution in [0.5, 0.6) is 0 Å². The maximum atomic E-state index is 12.5. The molecule has 5 nitrogen and oxygen atoms in total. The van der Waals surface area contributed by atoms with E-state index in [-0.39, 0.29) is 11.6 Å². The van der Waals surface area contributed by atoms with Crippen molar-refractivity contribution in [2.24, 2.45) is 5.92 Å². The van der Waals surface area contributed by atoms with Crippen molar-refractivity contribution in [1.82, 2.24) is 9.88 Å². The van der Waals surface area contributed by atoms with E-state index in [1.165, 1.54) is 31.5 Å². The lowest BCUT2D eigenvalue weighted by atomic mass is 9.85. The van der Waals surface area contributed by atoms with Crippen molar-refractivity contribution in [1.29, 1.82) is 0 Å². The van der Waals surface area contributed by atoms with Crippen molar-refractivity contribution in [2.75, 3.05) is 6.54 Å². The molecule has 0 aromatic carbocycles. The Morgan fingerprint density at radius 3 is 2.70 bits per heavy atom. The molecule has 1 saturated carbocycles. The smallest absolute Gasteiger partial charge is 0.354 e. The van der Waals surface area contributed by atoms with E-state index in [9.17, 15) is 9.59 Å². The predicted octanol–water partition coefficient (Wildman–Crippen LogP) is 2.18. The lowest BCUT2D eigenvalue weighted by Crippen LogP contribution is -2.39. The van der Waals surface area contributed by atoms with E-state index in [0.717, 1.165) is 19.4 Å². The molecule has 2 unspecified atom stereocenters. The normalized spacial score (nSPS) is 25.3. The number of amides is 1. The maximum Gasteiger partial charge on any atom is 0.354 e. The van der Waals surface area contributed by atoms with Crippen molar-refractivity contribution in [3.8, 4) is 0 Å². The summed E-state index contributed by atoms with van der Waals surface area (Å²) in [5.41, 5.74) is 0.458. The molecule has 3 rings (SSSR count). The van der Waals surface area contributed by atoms with Crippen LogP contribution < -0.4 is 0 Å². The summed E-state index contributed by atoms with van der Waals surface area (Å²) < 4.78 is 0. The molecule has 1 saturated heterocycles. The first-order valence-corrected chi connectivity index (χ1v) is 7.17. The van der Waals surface area contributed by atoms with Crippen LogP contribution in [0.1, 0.15) is 53.0 Å². The number of aromatic carboxylic acids is 1. The van der Waals surface area contributed by atoms with Gasteiger partial charge in [-0.1, -0.05) is 12.8 Å². The molecule has 106 valence electrons. The third-order valence-electron chi connectivity index (χ3n) is 4.50. The molecule has 1 aliphatic carbocycles. The maximum absolute atomic E-state index is 12.5. The van der Waals surface area contributed by atoms with Crippen LogP contribution >= 0.6 is 0 Å². The molecule has 1 aliphatic heterocycles. The molecule has 2 aliphatic rings. The van der Waals surface area contributed by atoms with Crippen LogP contribution in [0.25, 0.3) is 0 Å². The van der Waals surface area contributed by atoms with E-state index in [1.54, 1.807) is 6.07 Å². The monoisotopic (exact) mass is 274 g/mol. The van der Waals surface area contributed by atoms with Crippen LogP contribution in [0.3, 0.4) is 0 Å². The van der Waals surface area contributed by atoms with Gasteiger partial charge in [-0.15, -0.1) is 0 Å². The van der Waals surface area contributed by atoms with Gasteiger partial charge in [-0.3, -0.25) is 4.79 Å². The standard InChI is InChI=1S/C15H18N2O3/c18-14(11-5-6-12(15(19)20)16-9-11)17-8-7-10-3-1-2-4-13(10)17/h5-6,9-10,13H,1-4,7-8H2,(H,19,20). The van der Waals surface area contributed by atoms with Gasteiger partial charge in [0.25, 0.3) is 5.91 Å². The number of pyridine rings is 1. The summed E-state index contributed by atoms with van der Waals surface area (Å²) in [6.45, 7) is 0.814. The number of nitrogens with zero attached hydrogens (tertiary/aromatic N) is 2. The Bertz CT molecular complexity index is 526. The Balaban J connectivity index is 1.76. The van der Waals surface area contributed by atoms with Crippen LogP contribution in [0.4, 0.5) is 0 Å². The Hall–Kier alpha value is -1.91. The second-order valence-electron chi connectivity index (χ2n) is 5.64. The Labute approximate surface area is 117 Å². The molecule has 2 fully saturated rings. The fraction of sp³-hybridized carbons (Fsp3) is 0.533. The number of aromatic nitrogens is 1. The van der Waals surface area contributed by atoms with Gasteiger partial charge in [0.1, 0.15) is 5.69 Å². The number of carboxylic acid groups (broad SMARTS) is 1. The molecule has 1 N–H and O–H groups in total. The second kappa shape index (κ2) is 5.23. The highest BCUT2D eigenvalue weighted by Gasteiger charge is 2.38. The summed E-state index contributed by atoms with van der Waals surface area (Å²) in [5.74, 6) is -0.430. The van der Waals surface area contributed by atoms with Crippen molar-refractivity contribution in [2.45, 2.75) is 38.1 Å². The van der Waals surface area contributed by atoms with Gasteiger partial charge in [0.05, 0.1) is 5.56 Å². The van der Waals surface area contributed by atoms with E-state index >= 15 is 0 Å². The Kier molecular flexibility index (Phi) is 3.42. The number of likely N-dealkylation sites (tertiary alicyclic amines) is 1. The number of hydrogen-bond donors (Lipinski definition) is 1. The van der Waals surface area contributed by atoms with Gasteiger partial charge in [-0.2, -0.15) is 0 Å². The molecule has 1 aromatic heterocycles. The fourth-order valence-corrected chi connectivity index (χ4v) is 3.47. The minimum Gasteiger partial charge on any atom is -0.477 e. The number of rotatable bonds is 2. The summed E-state index contributed by atoms with van der Waals surface area (Å²) in [6.07, 6.45) is 7.26. The van der Waals surface area contributed by atoms with Crippen molar-refractivity contribution in [3.05, 3.63) is 29.6 Å². The summed E-state index contributed by atoms with van der Waals surface area (Å²) in [5, 5.41) is 8.82. The topological polar surface area (TPSA) is 70.5 Å². The van der Waals surface area contributed by atoms with E-state index in [2.05, 4.69) is 4.98 Å². The fourth-order valence-electron chi connectivity index (χ4n) is 3.47. The summed E-state index contributed by atoms with van der Waals surface area (Å²) >= 11 is 0. The van der Waals surface area contributed by atoms with Crippen LogP contribution in [0.2, 0.25) is 0 Å². The third-order valence-corrected chi connectivity index (χ3v) is 4.50. The van der Waals surface area contributed by atoms with Gasteiger partial charge in [-0.25, -0.2) is 9.78 Å². The average Bonchev–Trinajstić information content (AvgIpc) is 2.90. The number of carbonyl (C=O) groups is 2. The van der Waals surface area contributed by atoms with Gasteiger partial charge in [-0.05, 0) is 37.3 Å². The second-order valence-corrected chi connectivity index (χ2v) is 5.64. The summed E-state index contributed by atoms with van der Waals surface area (Å²) in [6, 6.07) is 3.33. The Morgan fingerprint density at radius 1 is 1.20 bits per heavy atom. The molecule has 1 amide bonds. The number of hydrogen-bond acceptors (Lipinski definition) is 3. The van der Waals surface area contributed by atoms with Gasteiger partial charge in [0.15, 0.2) is 0 Å². The molecule has 20 heavy (non-hydrogen) atoms. The van der Waals surface area contributed by atoms with Gasteiger partial charge in [0, 0.05) is 18.8 Å². The lowest BCUT2D eigenvalue weighted by molar-refractivity contribution is 0.0675. The number of carbonyl (C=O) groups excluding carboxylic acids is 1. The van der Waals surface area contributed by atoms with E-state index in [0.29, 0.717) is 17.5 Å². The zero-order valence-corrected chi connectivity index (χ0v) is 11.3. The van der Waals surface area contributed by atoms with Crippen molar-refractivity contribution in [3.63, 3.8) is 0 Å². The Morgan fingerprint density at radius 2 is 2.00 bits per heavy atom. The zero-order valence-electron chi connectivity index (χ0n) is 11.3. The van der Waals surface area contributed by atoms with Crippen molar-refractivity contribution >= 4 is 11.9 Å². The minimum atomic E-state index is -1.07. The number of fused-ring (bicyclic) bond motifs is 1. The molecular formula is C15H18N2O3. The summed E-state index contributed by atoms with van der Waals surface area (Å²) in [7, 11) is 0. The predicted molar refractivity (Wildman–Crippen MR) is 72.6 cm³/mol.